The van der Waals surface area contributed by atoms with E-state index in [2.05, 4.69) is 55.6 Å². The van der Waals surface area contributed by atoms with Gasteiger partial charge < -0.3 is 19.8 Å². The average Bonchev–Trinajstić information content (AvgIpc) is 3.34. The molecule has 0 aliphatic carbocycles. The number of phosphoric acid groups is 1. The maximum atomic E-state index is 13.0. The Morgan fingerprint density at radius 1 is 0.472 bits per heavy atom. The normalized spacial score (nSPS) is 14.0. The van der Waals surface area contributed by atoms with Gasteiger partial charge in [0.1, 0.15) is 13.2 Å². The van der Waals surface area contributed by atoms with Gasteiger partial charge in [0.25, 0.3) is 0 Å². The van der Waals surface area contributed by atoms with Crippen molar-refractivity contribution in [3.63, 3.8) is 0 Å². The SMILES string of the molecule is CCCCCCC/C=C\C/C=C\C/C=C\CCCCCCCCCCCCCCCCC(=O)NC(COP(=O)(O)OCC[N+](C)(C)C)C(O)CCCCCCCCCCCCCCCCCCCCCCC. The lowest BCUT2D eigenvalue weighted by Crippen LogP contribution is -2.46. The van der Waals surface area contributed by atoms with Gasteiger partial charge in [-0.15, -0.1) is 0 Å². The molecule has 8 nitrogen and oxygen atoms in total. The van der Waals surface area contributed by atoms with Crippen LogP contribution >= 0.6 is 7.82 Å². The third-order valence-electron chi connectivity index (χ3n) is 14.4. The Kier molecular flexibility index (Phi) is 53.5. The van der Waals surface area contributed by atoms with Crippen LogP contribution < -0.4 is 5.32 Å². The highest BCUT2D eigenvalue weighted by Crippen LogP contribution is 2.43. The molecule has 0 rings (SSSR count). The van der Waals surface area contributed by atoms with Crippen LogP contribution in [0.15, 0.2) is 36.5 Å². The summed E-state index contributed by atoms with van der Waals surface area (Å²) in [5.74, 6) is -0.141. The Morgan fingerprint density at radius 3 is 1.15 bits per heavy atom. The van der Waals surface area contributed by atoms with Crippen molar-refractivity contribution in [1.82, 2.24) is 5.32 Å². The Morgan fingerprint density at radius 2 is 0.792 bits per heavy atom. The minimum absolute atomic E-state index is 0.0756. The number of hydrogen-bond donors (Lipinski definition) is 3. The fourth-order valence-electron chi connectivity index (χ4n) is 9.47. The summed E-state index contributed by atoms with van der Waals surface area (Å²) in [7, 11) is 1.63. The minimum atomic E-state index is -4.33. The summed E-state index contributed by atoms with van der Waals surface area (Å²) in [5, 5.41) is 14.1. The van der Waals surface area contributed by atoms with E-state index in [1.807, 2.05) is 21.1 Å². The quantitative estimate of drug-likeness (QED) is 0.0243. The molecular formula is C63H124N2O6P+. The Bertz CT molecular complexity index is 1270. The lowest BCUT2D eigenvalue weighted by atomic mass is 10.0. The Balaban J connectivity index is 4.09. The smallest absolute Gasteiger partial charge is 0.391 e. The summed E-state index contributed by atoms with van der Waals surface area (Å²) in [6.45, 7) is 4.92. The number of amides is 1. The number of unbranched alkanes of at least 4 members (excludes halogenated alkanes) is 39. The lowest BCUT2D eigenvalue weighted by molar-refractivity contribution is -0.870. The topological polar surface area (TPSA) is 105 Å². The largest absolute Gasteiger partial charge is 0.472 e. The minimum Gasteiger partial charge on any atom is -0.391 e. The van der Waals surface area contributed by atoms with Crippen molar-refractivity contribution in [3.8, 4) is 0 Å². The number of aliphatic hydroxyl groups excluding tert-OH is 1. The summed E-state index contributed by atoms with van der Waals surface area (Å²) >= 11 is 0. The number of carbonyl (C=O) groups excluding carboxylic acids is 1. The van der Waals surface area contributed by atoms with Crippen molar-refractivity contribution in [2.75, 3.05) is 40.9 Å². The zero-order chi connectivity index (χ0) is 52.7. The monoisotopic (exact) mass is 1040 g/mol. The number of aliphatic hydroxyl groups is 1. The first kappa shape index (κ1) is 70.7. The molecular weight excluding hydrogens is 912 g/mol. The molecule has 0 saturated carbocycles. The number of carbonyl (C=O) groups is 1. The van der Waals surface area contributed by atoms with Crippen molar-refractivity contribution in [2.24, 2.45) is 0 Å². The van der Waals surface area contributed by atoms with Crippen LogP contribution in [0.4, 0.5) is 0 Å². The van der Waals surface area contributed by atoms with Crippen LogP contribution in [0, 0.1) is 0 Å². The molecule has 9 heteroatoms. The second-order valence-electron chi connectivity index (χ2n) is 22.8. The molecule has 3 unspecified atom stereocenters. The predicted octanol–water partition coefficient (Wildman–Crippen LogP) is 19.3. The lowest BCUT2D eigenvalue weighted by Gasteiger charge is -2.26. The molecule has 0 radical (unpaired) electrons. The number of nitrogens with zero attached hydrogens (tertiary/aromatic N) is 1. The molecule has 0 bridgehead atoms. The van der Waals surface area contributed by atoms with E-state index >= 15 is 0 Å². The molecule has 0 aliphatic heterocycles. The maximum Gasteiger partial charge on any atom is 0.472 e. The van der Waals surface area contributed by atoms with Crippen molar-refractivity contribution in [3.05, 3.63) is 36.5 Å². The average molecular weight is 1040 g/mol. The summed E-state index contributed by atoms with van der Waals surface area (Å²) in [6, 6.07) is -0.761. The second-order valence-corrected chi connectivity index (χ2v) is 24.2. The molecule has 72 heavy (non-hydrogen) atoms. The zero-order valence-electron chi connectivity index (χ0n) is 48.7. The van der Waals surface area contributed by atoms with Gasteiger partial charge in [0.05, 0.1) is 39.9 Å². The van der Waals surface area contributed by atoms with E-state index in [1.165, 1.54) is 231 Å². The van der Waals surface area contributed by atoms with Crippen molar-refractivity contribution in [1.29, 1.82) is 0 Å². The van der Waals surface area contributed by atoms with E-state index in [-0.39, 0.29) is 19.1 Å². The van der Waals surface area contributed by atoms with Gasteiger partial charge in [-0.25, -0.2) is 4.57 Å². The van der Waals surface area contributed by atoms with Crippen molar-refractivity contribution < 1.29 is 32.9 Å². The number of rotatable bonds is 58. The molecule has 426 valence electrons. The van der Waals surface area contributed by atoms with Gasteiger partial charge in [0.15, 0.2) is 0 Å². The van der Waals surface area contributed by atoms with E-state index in [0.717, 1.165) is 51.4 Å². The van der Waals surface area contributed by atoms with Crippen LogP contribution in [0.25, 0.3) is 0 Å². The third kappa shape index (κ3) is 56.4. The van der Waals surface area contributed by atoms with Crippen LogP contribution in [0.5, 0.6) is 0 Å². The second kappa shape index (κ2) is 54.5. The fraction of sp³-hybridized carbons (Fsp3) is 0.889. The van der Waals surface area contributed by atoms with Crippen LogP contribution in [0.1, 0.15) is 309 Å². The van der Waals surface area contributed by atoms with Gasteiger partial charge in [0.2, 0.25) is 5.91 Å². The molecule has 0 aromatic heterocycles. The molecule has 3 N–H and O–H groups in total. The summed E-state index contributed by atoms with van der Waals surface area (Å²) in [4.78, 5) is 23.4. The number of nitrogens with one attached hydrogen (secondary N) is 1. The number of hydrogen-bond acceptors (Lipinski definition) is 5. The molecule has 0 spiro atoms. The number of allylic oxidation sites excluding steroid dienone is 6. The molecule has 0 aromatic rings. The first-order chi connectivity index (χ1) is 35.0. The molecule has 0 aliphatic rings. The first-order valence-electron chi connectivity index (χ1n) is 31.4. The summed E-state index contributed by atoms with van der Waals surface area (Å²) in [5.41, 5.74) is 0. The Hall–Kier alpha value is -1.28. The highest BCUT2D eigenvalue weighted by molar-refractivity contribution is 7.47. The summed E-state index contributed by atoms with van der Waals surface area (Å²) in [6.07, 6.45) is 70.7. The fourth-order valence-corrected chi connectivity index (χ4v) is 10.2. The van der Waals surface area contributed by atoms with E-state index in [1.54, 1.807) is 0 Å². The van der Waals surface area contributed by atoms with Gasteiger partial charge >= 0.3 is 7.82 Å². The highest BCUT2D eigenvalue weighted by Gasteiger charge is 2.28. The maximum absolute atomic E-state index is 13.0. The molecule has 0 fully saturated rings. The van der Waals surface area contributed by atoms with Gasteiger partial charge in [-0.2, -0.15) is 0 Å². The van der Waals surface area contributed by atoms with E-state index in [9.17, 15) is 19.4 Å². The number of quaternary nitrogens is 1. The predicted molar refractivity (Wildman–Crippen MR) is 314 cm³/mol. The van der Waals surface area contributed by atoms with E-state index < -0.39 is 20.0 Å². The van der Waals surface area contributed by atoms with E-state index in [0.29, 0.717) is 23.9 Å². The number of phosphoric ester groups is 1. The third-order valence-corrected chi connectivity index (χ3v) is 15.4. The van der Waals surface area contributed by atoms with Crippen LogP contribution in [-0.2, 0) is 18.4 Å². The van der Waals surface area contributed by atoms with Crippen molar-refractivity contribution in [2.45, 2.75) is 321 Å². The number of likely N-dealkylation sites (N-methyl/N-ethyl adjacent to an activating group) is 1. The van der Waals surface area contributed by atoms with Crippen LogP contribution in [0.3, 0.4) is 0 Å². The van der Waals surface area contributed by atoms with Crippen LogP contribution in [0.2, 0.25) is 0 Å². The van der Waals surface area contributed by atoms with Crippen LogP contribution in [-0.4, -0.2) is 73.4 Å². The highest BCUT2D eigenvalue weighted by atomic mass is 31.2. The van der Waals surface area contributed by atoms with Gasteiger partial charge in [-0.3, -0.25) is 13.8 Å². The molecule has 3 atom stereocenters. The molecule has 0 aromatic carbocycles. The summed E-state index contributed by atoms with van der Waals surface area (Å²) < 4.78 is 23.8. The van der Waals surface area contributed by atoms with Gasteiger partial charge in [0, 0.05) is 6.42 Å². The van der Waals surface area contributed by atoms with Gasteiger partial charge in [-0.05, 0) is 51.4 Å². The van der Waals surface area contributed by atoms with E-state index in [4.69, 9.17) is 9.05 Å². The Labute approximate surface area is 448 Å². The zero-order valence-corrected chi connectivity index (χ0v) is 49.6. The molecule has 0 saturated heterocycles. The molecule has 0 heterocycles. The standard InChI is InChI=1S/C63H123N2O6P/c1-6-8-10-12-14-16-18-20-22-24-26-28-29-30-31-32-33-34-35-37-39-41-43-45-47-49-51-53-55-57-63(67)64-61(60-71-72(68,69)70-59-58-65(3,4)5)62(66)56-54-52-50-48-46-44-42-40-38-36-27-25-23-21-19-17-15-13-11-9-7-2/h18,20,24,26,29-30,61-62,66H,6-17,19,21-23,25,27-28,31-60H2,1-5H3,(H-,64,67,68,69)/p+1/b20-18-,26-24-,30-29-. The molecule has 1 amide bonds. The first-order valence-corrected chi connectivity index (χ1v) is 32.8. The van der Waals surface area contributed by atoms with Gasteiger partial charge in [-0.1, -0.05) is 288 Å². The van der Waals surface area contributed by atoms with Crippen molar-refractivity contribution >= 4 is 13.7 Å².